The number of rotatable bonds is 5. The largest absolute Gasteiger partial charge is 0.310 e. The molecule has 0 saturated carbocycles. The van der Waals surface area contributed by atoms with E-state index in [4.69, 9.17) is 0 Å². The van der Waals surface area contributed by atoms with Crippen LogP contribution < -0.4 is 5.32 Å². The van der Waals surface area contributed by atoms with Crippen molar-refractivity contribution in [1.82, 2.24) is 5.32 Å². The van der Waals surface area contributed by atoms with Crippen LogP contribution in [0.2, 0.25) is 0 Å². The molecular weight excluding hydrogens is 313 g/mol. The van der Waals surface area contributed by atoms with Gasteiger partial charge in [-0.3, -0.25) is 0 Å². The van der Waals surface area contributed by atoms with Crippen molar-refractivity contribution in [2.75, 3.05) is 0 Å². The third-order valence-electron chi connectivity index (χ3n) is 2.73. The molecule has 0 radical (unpaired) electrons. The van der Waals surface area contributed by atoms with Crippen LogP contribution in [0.25, 0.3) is 0 Å². The predicted octanol–water partition coefficient (Wildman–Crippen LogP) is 4.37. The van der Waals surface area contributed by atoms with Crippen LogP contribution >= 0.6 is 27.3 Å². The molecule has 2 aromatic rings. The van der Waals surface area contributed by atoms with Crippen molar-refractivity contribution in [2.45, 2.75) is 25.9 Å². The van der Waals surface area contributed by atoms with Gasteiger partial charge in [-0.15, -0.1) is 11.3 Å². The Hall–Kier alpha value is -0.710. The van der Waals surface area contributed by atoms with E-state index in [-0.39, 0.29) is 5.82 Å². The minimum Gasteiger partial charge on any atom is -0.310 e. The summed E-state index contributed by atoms with van der Waals surface area (Å²) in [4.78, 5) is 1.37. The van der Waals surface area contributed by atoms with Crippen LogP contribution in [0.5, 0.6) is 0 Å². The first-order chi connectivity index (χ1) is 8.65. The zero-order chi connectivity index (χ0) is 13.0. The lowest BCUT2D eigenvalue weighted by atomic mass is 10.1. The molecule has 1 unspecified atom stereocenters. The molecule has 0 saturated heterocycles. The number of thiophene rings is 1. The van der Waals surface area contributed by atoms with Gasteiger partial charge in [-0.1, -0.05) is 12.1 Å². The fourth-order valence-electron chi connectivity index (χ4n) is 1.74. The lowest BCUT2D eigenvalue weighted by Crippen LogP contribution is -2.27. The highest BCUT2D eigenvalue weighted by Crippen LogP contribution is 2.16. The summed E-state index contributed by atoms with van der Waals surface area (Å²) >= 11 is 4.93. The van der Waals surface area contributed by atoms with Crippen LogP contribution in [0.4, 0.5) is 4.39 Å². The van der Waals surface area contributed by atoms with Crippen molar-refractivity contribution < 1.29 is 4.39 Å². The van der Waals surface area contributed by atoms with Crippen molar-refractivity contribution in [1.29, 1.82) is 0 Å². The van der Waals surface area contributed by atoms with Gasteiger partial charge in [-0.2, -0.15) is 0 Å². The molecule has 0 aliphatic rings. The van der Waals surface area contributed by atoms with Crippen molar-refractivity contribution in [3.05, 3.63) is 56.4 Å². The van der Waals surface area contributed by atoms with Gasteiger partial charge in [0.15, 0.2) is 0 Å². The van der Waals surface area contributed by atoms with E-state index in [0.29, 0.717) is 17.1 Å². The average Bonchev–Trinajstić information content (AvgIpc) is 2.83. The second-order valence-corrected chi connectivity index (χ2v) is 6.20. The van der Waals surface area contributed by atoms with Gasteiger partial charge in [0.25, 0.3) is 0 Å². The Labute approximate surface area is 119 Å². The van der Waals surface area contributed by atoms with Gasteiger partial charge in [0, 0.05) is 17.5 Å². The maximum absolute atomic E-state index is 13.3. The molecule has 96 valence electrons. The molecule has 0 amide bonds. The lowest BCUT2D eigenvalue weighted by Gasteiger charge is -2.13. The zero-order valence-corrected chi connectivity index (χ0v) is 12.5. The Morgan fingerprint density at radius 3 is 2.89 bits per heavy atom. The first-order valence-corrected chi connectivity index (χ1v) is 7.52. The first kappa shape index (κ1) is 13.7. The first-order valence-electron chi connectivity index (χ1n) is 5.85. The van der Waals surface area contributed by atoms with E-state index in [0.717, 1.165) is 12.0 Å². The Morgan fingerprint density at radius 2 is 2.22 bits per heavy atom. The van der Waals surface area contributed by atoms with Crippen LogP contribution in [-0.4, -0.2) is 6.04 Å². The third kappa shape index (κ3) is 3.90. The highest BCUT2D eigenvalue weighted by Gasteiger charge is 2.05. The normalized spacial score (nSPS) is 12.6. The molecule has 1 aromatic heterocycles. The molecule has 0 fully saturated rings. The van der Waals surface area contributed by atoms with Gasteiger partial charge in [0.1, 0.15) is 5.82 Å². The molecule has 1 nitrogen and oxygen atoms in total. The number of hydrogen-bond donors (Lipinski definition) is 1. The van der Waals surface area contributed by atoms with Gasteiger partial charge in [0.2, 0.25) is 0 Å². The summed E-state index contributed by atoms with van der Waals surface area (Å²) in [5, 5.41) is 5.50. The summed E-state index contributed by atoms with van der Waals surface area (Å²) in [5.41, 5.74) is 0.966. The standard InChI is InChI=1S/C14H15BrFNS/c1-10(7-12-3-2-6-18-12)17-9-11-4-5-13(15)14(16)8-11/h2-6,8,10,17H,7,9H2,1H3. The van der Waals surface area contributed by atoms with Gasteiger partial charge in [-0.05, 0) is 58.4 Å². The van der Waals surface area contributed by atoms with Gasteiger partial charge in [0.05, 0.1) is 4.47 Å². The summed E-state index contributed by atoms with van der Waals surface area (Å²) in [6, 6.07) is 9.83. The Kier molecular flexibility index (Phi) is 4.92. The zero-order valence-electron chi connectivity index (χ0n) is 10.1. The molecule has 0 aliphatic carbocycles. The van der Waals surface area contributed by atoms with E-state index >= 15 is 0 Å². The molecule has 4 heteroatoms. The minimum atomic E-state index is -0.208. The van der Waals surface area contributed by atoms with Crippen LogP contribution in [0.1, 0.15) is 17.4 Å². The van der Waals surface area contributed by atoms with Crippen molar-refractivity contribution >= 4 is 27.3 Å². The molecule has 0 spiro atoms. The number of nitrogens with one attached hydrogen (secondary N) is 1. The quantitative estimate of drug-likeness (QED) is 0.859. The van der Waals surface area contributed by atoms with E-state index in [2.05, 4.69) is 45.7 Å². The lowest BCUT2D eigenvalue weighted by molar-refractivity contribution is 0.545. The molecule has 2 rings (SSSR count). The van der Waals surface area contributed by atoms with E-state index < -0.39 is 0 Å². The summed E-state index contributed by atoms with van der Waals surface area (Å²) in [6.07, 6.45) is 1.01. The third-order valence-corrected chi connectivity index (χ3v) is 4.27. The summed E-state index contributed by atoms with van der Waals surface area (Å²) in [6.45, 7) is 2.84. The number of benzene rings is 1. The minimum absolute atomic E-state index is 0.208. The molecule has 0 aliphatic heterocycles. The Bertz CT molecular complexity index is 499. The van der Waals surface area contributed by atoms with Crippen LogP contribution in [0, 0.1) is 5.82 Å². The van der Waals surface area contributed by atoms with Crippen molar-refractivity contribution in [3.63, 3.8) is 0 Å². The molecule has 1 atom stereocenters. The van der Waals surface area contributed by atoms with E-state index in [1.54, 1.807) is 23.5 Å². The maximum Gasteiger partial charge on any atom is 0.137 e. The molecular formula is C14H15BrFNS. The predicted molar refractivity (Wildman–Crippen MR) is 78.4 cm³/mol. The average molecular weight is 328 g/mol. The summed E-state index contributed by atoms with van der Waals surface area (Å²) < 4.78 is 13.8. The number of hydrogen-bond acceptors (Lipinski definition) is 2. The fraction of sp³-hybridized carbons (Fsp3) is 0.286. The van der Waals surface area contributed by atoms with Gasteiger partial charge >= 0.3 is 0 Å². The molecule has 0 bridgehead atoms. The summed E-state index contributed by atoms with van der Waals surface area (Å²) in [5.74, 6) is -0.208. The van der Waals surface area contributed by atoms with Crippen molar-refractivity contribution in [2.24, 2.45) is 0 Å². The second kappa shape index (κ2) is 6.45. The van der Waals surface area contributed by atoms with E-state index in [9.17, 15) is 4.39 Å². The molecule has 1 N–H and O–H groups in total. The Balaban J connectivity index is 1.85. The van der Waals surface area contributed by atoms with E-state index in [1.807, 2.05) is 6.07 Å². The van der Waals surface area contributed by atoms with Crippen LogP contribution in [0.15, 0.2) is 40.2 Å². The van der Waals surface area contributed by atoms with Gasteiger partial charge in [-0.25, -0.2) is 4.39 Å². The molecule has 18 heavy (non-hydrogen) atoms. The van der Waals surface area contributed by atoms with Crippen LogP contribution in [0.3, 0.4) is 0 Å². The Morgan fingerprint density at radius 1 is 1.39 bits per heavy atom. The van der Waals surface area contributed by atoms with Crippen molar-refractivity contribution in [3.8, 4) is 0 Å². The highest BCUT2D eigenvalue weighted by atomic mass is 79.9. The monoisotopic (exact) mass is 327 g/mol. The fourth-order valence-corrected chi connectivity index (χ4v) is 2.83. The molecule has 1 heterocycles. The topological polar surface area (TPSA) is 12.0 Å². The second-order valence-electron chi connectivity index (χ2n) is 4.31. The van der Waals surface area contributed by atoms with Gasteiger partial charge < -0.3 is 5.32 Å². The molecule has 1 aromatic carbocycles. The smallest absolute Gasteiger partial charge is 0.137 e. The highest BCUT2D eigenvalue weighted by molar-refractivity contribution is 9.10. The maximum atomic E-state index is 13.3. The summed E-state index contributed by atoms with van der Waals surface area (Å²) in [7, 11) is 0. The SMILES string of the molecule is CC(Cc1cccs1)NCc1ccc(Br)c(F)c1. The van der Waals surface area contributed by atoms with Crippen LogP contribution in [-0.2, 0) is 13.0 Å². The van der Waals surface area contributed by atoms with E-state index in [1.165, 1.54) is 4.88 Å². The number of halogens is 2.